The summed E-state index contributed by atoms with van der Waals surface area (Å²) in [4.78, 5) is 22.4. The molecule has 0 saturated carbocycles. The lowest BCUT2D eigenvalue weighted by Gasteiger charge is -2.10. The van der Waals surface area contributed by atoms with Gasteiger partial charge in [0.1, 0.15) is 11.6 Å². The summed E-state index contributed by atoms with van der Waals surface area (Å²) in [5, 5.41) is 10.7. The first kappa shape index (κ1) is 14.3. The standard InChI is InChI=1S/C16H14FNO4/c17-12-6-5-9(7-13(12)18-16(20)21)8-14-10-3-1-2-4-11(10)15(19)22-14/h5-8,18H,1-4H2,(H,20,21)/b14-8-. The zero-order valence-electron chi connectivity index (χ0n) is 11.7. The molecule has 1 aromatic rings. The fourth-order valence-corrected chi connectivity index (χ4v) is 2.74. The van der Waals surface area contributed by atoms with Gasteiger partial charge in [-0.3, -0.25) is 5.32 Å². The third-order valence-corrected chi connectivity index (χ3v) is 3.74. The maximum atomic E-state index is 13.5. The van der Waals surface area contributed by atoms with Gasteiger partial charge in [-0.2, -0.15) is 0 Å². The lowest BCUT2D eigenvalue weighted by atomic mass is 9.92. The number of anilines is 1. The van der Waals surface area contributed by atoms with Crippen LogP contribution in [0.2, 0.25) is 0 Å². The van der Waals surface area contributed by atoms with Crippen molar-refractivity contribution in [3.8, 4) is 0 Å². The second-order valence-corrected chi connectivity index (χ2v) is 5.23. The number of halogens is 1. The molecule has 114 valence electrons. The van der Waals surface area contributed by atoms with Crippen molar-refractivity contribution in [1.82, 2.24) is 0 Å². The van der Waals surface area contributed by atoms with Crippen LogP contribution in [0.3, 0.4) is 0 Å². The van der Waals surface area contributed by atoms with Crippen LogP contribution in [0.4, 0.5) is 14.9 Å². The number of benzene rings is 1. The van der Waals surface area contributed by atoms with E-state index in [0.29, 0.717) is 11.3 Å². The summed E-state index contributed by atoms with van der Waals surface area (Å²) < 4.78 is 18.8. The molecule has 0 bridgehead atoms. The van der Waals surface area contributed by atoms with Crippen LogP contribution in [0.25, 0.3) is 6.08 Å². The third kappa shape index (κ3) is 2.72. The smallest absolute Gasteiger partial charge is 0.409 e. The van der Waals surface area contributed by atoms with Crippen molar-refractivity contribution in [1.29, 1.82) is 0 Å². The Bertz CT molecular complexity index is 721. The van der Waals surface area contributed by atoms with Crippen molar-refractivity contribution in [2.75, 3.05) is 5.32 Å². The van der Waals surface area contributed by atoms with E-state index in [1.165, 1.54) is 18.2 Å². The summed E-state index contributed by atoms with van der Waals surface area (Å²) in [7, 11) is 0. The van der Waals surface area contributed by atoms with Crippen LogP contribution in [0.5, 0.6) is 0 Å². The number of ether oxygens (including phenoxy) is 1. The highest BCUT2D eigenvalue weighted by atomic mass is 19.1. The largest absolute Gasteiger partial charge is 0.465 e. The first-order valence-corrected chi connectivity index (χ1v) is 7.00. The number of hydrogen-bond acceptors (Lipinski definition) is 3. The minimum atomic E-state index is -1.34. The maximum Gasteiger partial charge on any atom is 0.409 e. The van der Waals surface area contributed by atoms with E-state index in [1.807, 2.05) is 5.32 Å². The Balaban J connectivity index is 1.94. The van der Waals surface area contributed by atoms with Crippen LogP contribution in [0.15, 0.2) is 35.1 Å². The molecule has 1 aliphatic heterocycles. The van der Waals surface area contributed by atoms with Gasteiger partial charge in [0.05, 0.1) is 5.69 Å². The van der Waals surface area contributed by atoms with Crippen LogP contribution in [0.1, 0.15) is 31.2 Å². The summed E-state index contributed by atoms with van der Waals surface area (Å²) in [6.45, 7) is 0. The number of carbonyl (C=O) groups excluding carboxylic acids is 1. The van der Waals surface area contributed by atoms with Gasteiger partial charge in [-0.15, -0.1) is 0 Å². The zero-order valence-corrected chi connectivity index (χ0v) is 11.7. The van der Waals surface area contributed by atoms with Gasteiger partial charge in [-0.25, -0.2) is 14.0 Å². The highest BCUT2D eigenvalue weighted by molar-refractivity contribution is 5.96. The number of rotatable bonds is 2. The molecular formula is C16H14FNO4. The number of cyclic esters (lactones) is 1. The molecule has 1 heterocycles. The highest BCUT2D eigenvalue weighted by Gasteiger charge is 2.31. The van der Waals surface area contributed by atoms with Crippen molar-refractivity contribution in [2.45, 2.75) is 25.7 Å². The monoisotopic (exact) mass is 303 g/mol. The average Bonchev–Trinajstić information content (AvgIpc) is 2.79. The van der Waals surface area contributed by atoms with Gasteiger partial charge in [-0.05, 0) is 49.5 Å². The number of carbonyl (C=O) groups is 2. The van der Waals surface area contributed by atoms with E-state index < -0.39 is 11.9 Å². The summed E-state index contributed by atoms with van der Waals surface area (Å²) in [5.74, 6) is -0.495. The lowest BCUT2D eigenvalue weighted by Crippen LogP contribution is -2.08. The van der Waals surface area contributed by atoms with Crippen LogP contribution in [-0.2, 0) is 9.53 Å². The molecule has 1 aliphatic carbocycles. The minimum absolute atomic E-state index is 0.135. The van der Waals surface area contributed by atoms with Crippen LogP contribution in [-0.4, -0.2) is 17.2 Å². The molecule has 0 aromatic heterocycles. The molecular weight excluding hydrogens is 289 g/mol. The van der Waals surface area contributed by atoms with E-state index in [9.17, 15) is 14.0 Å². The van der Waals surface area contributed by atoms with Gasteiger partial charge in [0.25, 0.3) is 0 Å². The second-order valence-electron chi connectivity index (χ2n) is 5.23. The van der Waals surface area contributed by atoms with Crippen LogP contribution >= 0.6 is 0 Å². The predicted octanol–water partition coefficient (Wildman–Crippen LogP) is 3.68. The first-order valence-electron chi connectivity index (χ1n) is 7.00. The Morgan fingerprint density at radius 2 is 2.00 bits per heavy atom. The van der Waals surface area contributed by atoms with Gasteiger partial charge in [-0.1, -0.05) is 6.07 Å². The van der Waals surface area contributed by atoms with E-state index in [2.05, 4.69) is 0 Å². The van der Waals surface area contributed by atoms with E-state index in [4.69, 9.17) is 9.84 Å². The Kier molecular flexibility index (Phi) is 3.66. The number of nitrogens with one attached hydrogen (secondary N) is 1. The van der Waals surface area contributed by atoms with Crippen LogP contribution in [0, 0.1) is 5.82 Å². The maximum absolute atomic E-state index is 13.5. The molecule has 3 rings (SSSR count). The molecule has 0 unspecified atom stereocenters. The van der Waals surface area contributed by atoms with E-state index in [1.54, 1.807) is 6.08 Å². The third-order valence-electron chi connectivity index (χ3n) is 3.74. The van der Waals surface area contributed by atoms with Crippen molar-refractivity contribution in [2.24, 2.45) is 0 Å². The molecule has 0 atom stereocenters. The Labute approximate surface area is 126 Å². The molecule has 2 aliphatic rings. The van der Waals surface area contributed by atoms with Gasteiger partial charge >= 0.3 is 12.1 Å². The molecule has 1 amide bonds. The molecule has 2 N–H and O–H groups in total. The average molecular weight is 303 g/mol. The normalized spacial score (nSPS) is 19.1. The van der Waals surface area contributed by atoms with E-state index in [-0.39, 0.29) is 11.7 Å². The van der Waals surface area contributed by atoms with Crippen molar-refractivity contribution >= 4 is 23.8 Å². The lowest BCUT2D eigenvalue weighted by molar-refractivity contribution is -0.133. The van der Waals surface area contributed by atoms with Gasteiger partial charge in [0.2, 0.25) is 0 Å². The van der Waals surface area contributed by atoms with E-state index in [0.717, 1.165) is 36.8 Å². The molecule has 6 heteroatoms. The number of esters is 1. The number of amides is 1. The number of carboxylic acid groups (broad SMARTS) is 1. The fourth-order valence-electron chi connectivity index (χ4n) is 2.74. The topological polar surface area (TPSA) is 75.6 Å². The summed E-state index contributed by atoms with van der Waals surface area (Å²) in [5.41, 5.74) is 2.06. The Hall–Kier alpha value is -2.63. The quantitative estimate of drug-likeness (QED) is 0.817. The van der Waals surface area contributed by atoms with Gasteiger partial charge < -0.3 is 9.84 Å². The summed E-state index contributed by atoms with van der Waals surface area (Å²) >= 11 is 0. The molecule has 22 heavy (non-hydrogen) atoms. The van der Waals surface area contributed by atoms with Crippen LogP contribution < -0.4 is 5.32 Å². The van der Waals surface area contributed by atoms with Gasteiger partial charge in [0, 0.05) is 11.1 Å². The van der Waals surface area contributed by atoms with Crippen molar-refractivity contribution in [3.05, 3.63) is 46.5 Å². The fraction of sp³-hybridized carbons (Fsp3) is 0.250. The predicted molar refractivity (Wildman–Crippen MR) is 77.6 cm³/mol. The summed E-state index contributed by atoms with van der Waals surface area (Å²) in [6.07, 6.45) is 3.79. The van der Waals surface area contributed by atoms with Crippen molar-refractivity contribution in [3.63, 3.8) is 0 Å². The molecule has 5 nitrogen and oxygen atoms in total. The number of hydrogen-bond donors (Lipinski definition) is 2. The molecule has 0 saturated heterocycles. The second kappa shape index (κ2) is 5.63. The SMILES string of the molecule is O=C(O)Nc1cc(/C=C2\OC(=O)C3=C2CCCC3)ccc1F. The molecule has 0 fully saturated rings. The Morgan fingerprint density at radius 3 is 2.73 bits per heavy atom. The molecule has 0 spiro atoms. The molecule has 0 radical (unpaired) electrons. The van der Waals surface area contributed by atoms with Gasteiger partial charge in [0.15, 0.2) is 0 Å². The summed E-state index contributed by atoms with van der Waals surface area (Å²) in [6, 6.07) is 4.04. The minimum Gasteiger partial charge on any atom is -0.465 e. The first-order chi connectivity index (χ1) is 10.5. The van der Waals surface area contributed by atoms with Crippen molar-refractivity contribution < 1.29 is 23.8 Å². The number of allylic oxidation sites excluding steroid dienone is 1. The van der Waals surface area contributed by atoms with E-state index >= 15 is 0 Å². The Morgan fingerprint density at radius 1 is 1.27 bits per heavy atom. The zero-order chi connectivity index (χ0) is 15.7. The highest BCUT2D eigenvalue weighted by Crippen LogP contribution is 2.37. The molecule has 1 aromatic carbocycles.